The lowest BCUT2D eigenvalue weighted by Gasteiger charge is -2.27. The number of hydrogen-bond donors (Lipinski definition) is 2. The second-order valence-corrected chi connectivity index (χ2v) is 5.80. The van der Waals surface area contributed by atoms with Crippen molar-refractivity contribution < 1.29 is 29.0 Å². The van der Waals surface area contributed by atoms with Crippen molar-refractivity contribution in [2.24, 2.45) is 17.8 Å². The number of carboxylic acid groups (broad SMARTS) is 1. The van der Waals surface area contributed by atoms with Crippen LogP contribution < -0.4 is 5.32 Å². The number of carbonyl (C=O) groups is 3. The van der Waals surface area contributed by atoms with Gasteiger partial charge in [0.25, 0.3) is 0 Å². The summed E-state index contributed by atoms with van der Waals surface area (Å²) in [5.41, 5.74) is 0. The van der Waals surface area contributed by atoms with Gasteiger partial charge >= 0.3 is 18.0 Å². The van der Waals surface area contributed by atoms with Crippen molar-refractivity contribution in [3.8, 4) is 0 Å². The smallest absolute Gasteiger partial charge is 0.410 e. The Labute approximate surface area is 137 Å². The van der Waals surface area contributed by atoms with E-state index in [1.807, 2.05) is 13.8 Å². The molecule has 0 aromatic rings. The van der Waals surface area contributed by atoms with Crippen molar-refractivity contribution in [3.05, 3.63) is 0 Å². The number of hydrogen-bond acceptors (Lipinski definition) is 5. The molecule has 0 aliphatic heterocycles. The molecular formula is C16H29NO6. The highest BCUT2D eigenvalue weighted by atomic mass is 16.7. The fourth-order valence-electron chi connectivity index (χ4n) is 2.20. The first-order valence-electron chi connectivity index (χ1n) is 8.06. The second-order valence-electron chi connectivity index (χ2n) is 5.80. The standard InChI is InChI=1S/C16H29NO6/c1-6-10(3)11(4)13(8-14(18)19)9-17-16(21)23-12(5)22-15(20)7-2/h10-13H,6-9H2,1-5H3,(H,17,21)(H,18,19)/t10-,11-,12+,13+/m1/s1. The Balaban J connectivity index is 4.46. The summed E-state index contributed by atoms with van der Waals surface area (Å²) in [4.78, 5) is 33.8. The average Bonchev–Trinajstić information content (AvgIpc) is 2.48. The Morgan fingerprint density at radius 2 is 1.70 bits per heavy atom. The predicted molar refractivity (Wildman–Crippen MR) is 84.7 cm³/mol. The van der Waals surface area contributed by atoms with E-state index in [1.54, 1.807) is 6.92 Å². The zero-order valence-electron chi connectivity index (χ0n) is 14.6. The summed E-state index contributed by atoms with van der Waals surface area (Å²) in [7, 11) is 0. The summed E-state index contributed by atoms with van der Waals surface area (Å²) in [6, 6.07) is 0. The number of ether oxygens (including phenoxy) is 2. The largest absolute Gasteiger partial charge is 0.481 e. The summed E-state index contributed by atoms with van der Waals surface area (Å²) in [5, 5.41) is 11.6. The van der Waals surface area contributed by atoms with Gasteiger partial charge in [0.1, 0.15) is 0 Å². The van der Waals surface area contributed by atoms with Crippen LogP contribution in [-0.4, -0.2) is 36.0 Å². The lowest BCUT2D eigenvalue weighted by Crippen LogP contribution is -2.37. The van der Waals surface area contributed by atoms with Gasteiger partial charge in [-0.15, -0.1) is 0 Å². The first kappa shape index (κ1) is 21.2. The fraction of sp³-hybridized carbons (Fsp3) is 0.812. The lowest BCUT2D eigenvalue weighted by molar-refractivity contribution is -0.164. The highest BCUT2D eigenvalue weighted by molar-refractivity contribution is 5.70. The van der Waals surface area contributed by atoms with Crippen LogP contribution in [0.25, 0.3) is 0 Å². The number of nitrogens with one attached hydrogen (secondary N) is 1. The van der Waals surface area contributed by atoms with Gasteiger partial charge in [-0.05, 0) is 17.8 Å². The Morgan fingerprint density at radius 3 is 2.17 bits per heavy atom. The fourth-order valence-corrected chi connectivity index (χ4v) is 2.20. The van der Waals surface area contributed by atoms with E-state index >= 15 is 0 Å². The van der Waals surface area contributed by atoms with E-state index < -0.39 is 24.3 Å². The molecule has 0 aromatic carbocycles. The van der Waals surface area contributed by atoms with Crippen LogP contribution in [-0.2, 0) is 19.1 Å². The average molecular weight is 331 g/mol. The van der Waals surface area contributed by atoms with Gasteiger partial charge < -0.3 is 19.9 Å². The molecule has 0 saturated heterocycles. The van der Waals surface area contributed by atoms with E-state index in [4.69, 9.17) is 14.6 Å². The molecule has 134 valence electrons. The third-order valence-corrected chi connectivity index (χ3v) is 4.09. The quantitative estimate of drug-likeness (QED) is 0.471. The molecule has 0 aliphatic rings. The normalized spacial score (nSPS) is 15.9. The molecule has 0 rings (SSSR count). The van der Waals surface area contributed by atoms with E-state index in [1.165, 1.54) is 6.92 Å². The summed E-state index contributed by atoms with van der Waals surface area (Å²) in [6.45, 7) is 9.38. The van der Waals surface area contributed by atoms with Crippen molar-refractivity contribution in [3.63, 3.8) is 0 Å². The van der Waals surface area contributed by atoms with E-state index in [0.29, 0.717) is 5.92 Å². The molecule has 0 heterocycles. The van der Waals surface area contributed by atoms with Gasteiger partial charge in [0.05, 0.1) is 6.42 Å². The highest BCUT2D eigenvalue weighted by Crippen LogP contribution is 2.25. The van der Waals surface area contributed by atoms with Gasteiger partial charge in [-0.3, -0.25) is 9.59 Å². The van der Waals surface area contributed by atoms with Gasteiger partial charge in [-0.25, -0.2) is 4.79 Å². The molecule has 23 heavy (non-hydrogen) atoms. The third-order valence-electron chi connectivity index (χ3n) is 4.09. The van der Waals surface area contributed by atoms with E-state index in [0.717, 1.165) is 6.42 Å². The van der Waals surface area contributed by atoms with Crippen molar-refractivity contribution >= 4 is 18.0 Å². The Bertz CT molecular complexity index is 398. The molecule has 0 saturated carbocycles. The molecule has 0 fully saturated rings. The summed E-state index contributed by atoms with van der Waals surface area (Å²) >= 11 is 0. The minimum Gasteiger partial charge on any atom is -0.481 e. The zero-order valence-corrected chi connectivity index (χ0v) is 14.6. The first-order valence-corrected chi connectivity index (χ1v) is 8.06. The van der Waals surface area contributed by atoms with E-state index in [2.05, 4.69) is 12.2 Å². The number of esters is 1. The maximum atomic E-state index is 11.7. The van der Waals surface area contributed by atoms with Crippen LogP contribution in [0, 0.1) is 17.8 Å². The molecule has 0 spiro atoms. The number of aliphatic carboxylic acids is 1. The maximum absolute atomic E-state index is 11.7. The summed E-state index contributed by atoms with van der Waals surface area (Å²) in [5.74, 6) is -1.05. The van der Waals surface area contributed by atoms with Crippen LogP contribution in [0.4, 0.5) is 4.79 Å². The molecular weight excluding hydrogens is 302 g/mol. The summed E-state index contributed by atoms with van der Waals surface area (Å²) in [6.07, 6.45) is -0.596. The molecule has 1 amide bonds. The predicted octanol–water partition coefficient (Wildman–Crippen LogP) is 2.78. The van der Waals surface area contributed by atoms with Crippen molar-refractivity contribution in [2.75, 3.05) is 6.54 Å². The zero-order chi connectivity index (χ0) is 18.0. The molecule has 7 heteroatoms. The highest BCUT2D eigenvalue weighted by Gasteiger charge is 2.25. The topological polar surface area (TPSA) is 102 Å². The van der Waals surface area contributed by atoms with Crippen LogP contribution in [0.5, 0.6) is 0 Å². The molecule has 0 unspecified atom stereocenters. The first-order chi connectivity index (χ1) is 10.7. The Hall–Kier alpha value is -1.79. The third kappa shape index (κ3) is 9.05. The second kappa shape index (κ2) is 10.9. The number of rotatable bonds is 10. The summed E-state index contributed by atoms with van der Waals surface area (Å²) < 4.78 is 9.73. The number of alkyl carbamates (subject to hydrolysis) is 1. The molecule has 0 aliphatic carbocycles. The molecule has 0 bridgehead atoms. The van der Waals surface area contributed by atoms with Crippen molar-refractivity contribution in [1.82, 2.24) is 5.32 Å². The molecule has 2 N–H and O–H groups in total. The Morgan fingerprint density at radius 1 is 1.09 bits per heavy atom. The van der Waals surface area contributed by atoms with E-state index in [-0.39, 0.29) is 31.2 Å². The van der Waals surface area contributed by atoms with Crippen LogP contribution >= 0.6 is 0 Å². The van der Waals surface area contributed by atoms with Crippen molar-refractivity contribution in [2.45, 2.75) is 60.2 Å². The SMILES string of the molecule is CCC(=O)O[C@H](C)OC(=O)NC[C@H](CC(=O)O)[C@H](C)[C@H](C)CC. The molecule has 7 nitrogen and oxygen atoms in total. The van der Waals surface area contributed by atoms with Crippen LogP contribution in [0.3, 0.4) is 0 Å². The van der Waals surface area contributed by atoms with Gasteiger partial charge in [-0.2, -0.15) is 0 Å². The number of carboxylic acids is 1. The number of amides is 1. The lowest BCUT2D eigenvalue weighted by atomic mass is 9.81. The van der Waals surface area contributed by atoms with Gasteiger partial charge in [0, 0.05) is 19.9 Å². The van der Waals surface area contributed by atoms with Crippen LogP contribution in [0.2, 0.25) is 0 Å². The molecule has 0 aromatic heterocycles. The minimum absolute atomic E-state index is 0.0217. The van der Waals surface area contributed by atoms with Crippen LogP contribution in [0.1, 0.15) is 53.9 Å². The van der Waals surface area contributed by atoms with Crippen LogP contribution in [0.15, 0.2) is 0 Å². The van der Waals surface area contributed by atoms with Gasteiger partial charge in [0.2, 0.25) is 6.29 Å². The van der Waals surface area contributed by atoms with E-state index in [9.17, 15) is 14.4 Å². The number of carbonyl (C=O) groups excluding carboxylic acids is 2. The Kier molecular flexibility index (Phi) is 10.0. The van der Waals surface area contributed by atoms with Gasteiger partial charge in [-0.1, -0.05) is 34.1 Å². The maximum Gasteiger partial charge on any atom is 0.410 e. The van der Waals surface area contributed by atoms with Gasteiger partial charge in [0.15, 0.2) is 0 Å². The minimum atomic E-state index is -0.979. The van der Waals surface area contributed by atoms with Crippen molar-refractivity contribution in [1.29, 1.82) is 0 Å². The monoisotopic (exact) mass is 331 g/mol. The molecule has 4 atom stereocenters. The molecule has 0 radical (unpaired) electrons.